The van der Waals surface area contributed by atoms with Gasteiger partial charge < -0.3 is 5.32 Å². The SMILES string of the molecule is N#CC1CCCN(CC(=O)NC2CCCC2)C1. The fraction of sp³-hybridized carbons (Fsp3) is 0.846. The van der Waals surface area contributed by atoms with E-state index in [1.807, 2.05) is 0 Å². The largest absolute Gasteiger partial charge is 0.352 e. The van der Waals surface area contributed by atoms with Gasteiger partial charge in [-0.1, -0.05) is 12.8 Å². The van der Waals surface area contributed by atoms with Crippen molar-refractivity contribution in [3.63, 3.8) is 0 Å². The molecule has 17 heavy (non-hydrogen) atoms. The van der Waals surface area contributed by atoms with Gasteiger partial charge in [0.2, 0.25) is 5.91 Å². The minimum Gasteiger partial charge on any atom is -0.352 e. The average Bonchev–Trinajstić information content (AvgIpc) is 2.82. The third-order valence-electron chi connectivity index (χ3n) is 3.78. The van der Waals surface area contributed by atoms with Crippen molar-refractivity contribution in [1.82, 2.24) is 10.2 Å². The van der Waals surface area contributed by atoms with E-state index in [1.54, 1.807) is 0 Å². The van der Waals surface area contributed by atoms with Crippen molar-refractivity contribution < 1.29 is 4.79 Å². The Balaban J connectivity index is 1.72. The van der Waals surface area contributed by atoms with Crippen molar-refractivity contribution in [2.75, 3.05) is 19.6 Å². The topological polar surface area (TPSA) is 56.1 Å². The van der Waals surface area contributed by atoms with Gasteiger partial charge in [0.25, 0.3) is 0 Å². The van der Waals surface area contributed by atoms with Gasteiger partial charge in [0.15, 0.2) is 0 Å². The minimum absolute atomic E-state index is 0.114. The summed E-state index contributed by atoms with van der Waals surface area (Å²) in [5, 5.41) is 12.0. The molecule has 2 fully saturated rings. The molecule has 1 aliphatic heterocycles. The molecule has 1 saturated carbocycles. The van der Waals surface area contributed by atoms with Crippen LogP contribution in [0.3, 0.4) is 0 Å². The van der Waals surface area contributed by atoms with E-state index in [9.17, 15) is 4.79 Å². The van der Waals surface area contributed by atoms with Crippen molar-refractivity contribution in [3.8, 4) is 6.07 Å². The van der Waals surface area contributed by atoms with E-state index in [1.165, 1.54) is 12.8 Å². The molecule has 1 N–H and O–H groups in total. The zero-order valence-electron chi connectivity index (χ0n) is 10.3. The molecule has 1 saturated heterocycles. The first kappa shape index (κ1) is 12.4. The van der Waals surface area contributed by atoms with Gasteiger partial charge in [-0.25, -0.2) is 0 Å². The summed E-state index contributed by atoms with van der Waals surface area (Å²) in [5.41, 5.74) is 0. The van der Waals surface area contributed by atoms with Crippen LogP contribution in [-0.2, 0) is 4.79 Å². The van der Waals surface area contributed by atoms with Crippen LogP contribution >= 0.6 is 0 Å². The summed E-state index contributed by atoms with van der Waals surface area (Å²) in [6, 6.07) is 2.71. The lowest BCUT2D eigenvalue weighted by atomic mass is 10.00. The highest BCUT2D eigenvalue weighted by Crippen LogP contribution is 2.18. The summed E-state index contributed by atoms with van der Waals surface area (Å²) in [4.78, 5) is 13.9. The number of likely N-dealkylation sites (tertiary alicyclic amines) is 1. The number of piperidine rings is 1. The highest BCUT2D eigenvalue weighted by molar-refractivity contribution is 5.78. The Bertz CT molecular complexity index is 304. The molecule has 0 aromatic heterocycles. The van der Waals surface area contributed by atoms with E-state index in [2.05, 4.69) is 16.3 Å². The number of nitriles is 1. The molecule has 94 valence electrons. The van der Waals surface area contributed by atoms with E-state index in [0.29, 0.717) is 12.6 Å². The van der Waals surface area contributed by atoms with Crippen molar-refractivity contribution in [1.29, 1.82) is 5.26 Å². The van der Waals surface area contributed by atoms with Crippen LogP contribution < -0.4 is 5.32 Å². The molecule has 0 bridgehead atoms. The monoisotopic (exact) mass is 235 g/mol. The molecule has 1 amide bonds. The van der Waals surface area contributed by atoms with Gasteiger partial charge in [0.1, 0.15) is 0 Å². The maximum Gasteiger partial charge on any atom is 0.234 e. The second-order valence-electron chi connectivity index (χ2n) is 5.25. The molecule has 1 heterocycles. The normalized spacial score (nSPS) is 26.6. The lowest BCUT2D eigenvalue weighted by Crippen LogP contribution is -2.44. The van der Waals surface area contributed by atoms with Crippen molar-refractivity contribution in [3.05, 3.63) is 0 Å². The smallest absolute Gasteiger partial charge is 0.234 e. The molecule has 1 atom stereocenters. The van der Waals surface area contributed by atoms with Gasteiger partial charge in [-0.2, -0.15) is 5.26 Å². The average molecular weight is 235 g/mol. The van der Waals surface area contributed by atoms with Crippen LogP contribution in [0.4, 0.5) is 0 Å². The zero-order valence-corrected chi connectivity index (χ0v) is 10.3. The molecule has 0 radical (unpaired) electrons. The third kappa shape index (κ3) is 3.71. The second-order valence-corrected chi connectivity index (χ2v) is 5.25. The van der Waals surface area contributed by atoms with Crippen LogP contribution in [0.2, 0.25) is 0 Å². The molecule has 2 rings (SSSR count). The molecule has 0 aromatic carbocycles. The molecule has 4 nitrogen and oxygen atoms in total. The van der Waals surface area contributed by atoms with E-state index >= 15 is 0 Å². The summed E-state index contributed by atoms with van der Waals surface area (Å²) in [6.07, 6.45) is 6.77. The fourth-order valence-electron chi connectivity index (χ4n) is 2.85. The van der Waals surface area contributed by atoms with Crippen molar-refractivity contribution in [2.24, 2.45) is 5.92 Å². The maximum absolute atomic E-state index is 11.8. The summed E-state index contributed by atoms with van der Waals surface area (Å²) in [5.74, 6) is 0.249. The first-order chi connectivity index (χ1) is 8.28. The number of nitrogens with one attached hydrogen (secondary N) is 1. The van der Waals surface area contributed by atoms with Crippen LogP contribution in [-0.4, -0.2) is 36.5 Å². The Morgan fingerprint density at radius 2 is 2.06 bits per heavy atom. The van der Waals surface area contributed by atoms with Gasteiger partial charge in [0.05, 0.1) is 18.5 Å². The number of hydrogen-bond donors (Lipinski definition) is 1. The summed E-state index contributed by atoms with van der Waals surface area (Å²) >= 11 is 0. The number of nitrogens with zero attached hydrogens (tertiary/aromatic N) is 2. The quantitative estimate of drug-likeness (QED) is 0.801. The fourth-order valence-corrected chi connectivity index (χ4v) is 2.85. The molecule has 0 spiro atoms. The van der Waals surface area contributed by atoms with Gasteiger partial charge in [-0.15, -0.1) is 0 Å². The predicted molar refractivity (Wildman–Crippen MR) is 65.2 cm³/mol. The standard InChI is InChI=1S/C13H21N3O/c14-8-11-4-3-7-16(9-11)10-13(17)15-12-5-1-2-6-12/h11-12H,1-7,9-10H2,(H,15,17). The van der Waals surface area contributed by atoms with Crippen molar-refractivity contribution in [2.45, 2.75) is 44.6 Å². The van der Waals surface area contributed by atoms with Crippen LogP contribution in [0, 0.1) is 17.2 Å². The molecule has 0 aromatic rings. The highest BCUT2D eigenvalue weighted by atomic mass is 16.2. The highest BCUT2D eigenvalue weighted by Gasteiger charge is 2.23. The van der Waals surface area contributed by atoms with E-state index < -0.39 is 0 Å². The minimum atomic E-state index is 0.114. The predicted octanol–water partition coefficient (Wildman–Crippen LogP) is 1.28. The molecular weight excluding hydrogens is 214 g/mol. The summed E-state index contributed by atoms with van der Waals surface area (Å²) in [6.45, 7) is 2.18. The Hall–Kier alpha value is -1.08. The van der Waals surface area contributed by atoms with E-state index in [-0.39, 0.29) is 11.8 Å². The number of amides is 1. The first-order valence-corrected chi connectivity index (χ1v) is 6.69. The molecule has 4 heteroatoms. The molecule has 1 unspecified atom stereocenters. The Labute approximate surface area is 103 Å². The number of hydrogen-bond acceptors (Lipinski definition) is 3. The number of carbonyl (C=O) groups excluding carboxylic acids is 1. The van der Waals surface area contributed by atoms with Crippen LogP contribution in [0.15, 0.2) is 0 Å². The van der Waals surface area contributed by atoms with E-state index in [4.69, 9.17) is 5.26 Å². The zero-order chi connectivity index (χ0) is 12.1. The third-order valence-corrected chi connectivity index (χ3v) is 3.78. The van der Waals surface area contributed by atoms with Crippen LogP contribution in [0.25, 0.3) is 0 Å². The first-order valence-electron chi connectivity index (χ1n) is 6.69. The number of carbonyl (C=O) groups is 1. The molecular formula is C13H21N3O. The summed E-state index contributed by atoms with van der Waals surface area (Å²) in [7, 11) is 0. The maximum atomic E-state index is 11.8. The Kier molecular flexibility index (Phi) is 4.38. The van der Waals surface area contributed by atoms with Gasteiger partial charge in [-0.05, 0) is 32.2 Å². The molecule has 1 aliphatic carbocycles. The Morgan fingerprint density at radius 1 is 1.29 bits per heavy atom. The van der Waals surface area contributed by atoms with Crippen LogP contribution in [0.1, 0.15) is 38.5 Å². The van der Waals surface area contributed by atoms with Gasteiger partial charge in [-0.3, -0.25) is 9.69 Å². The van der Waals surface area contributed by atoms with Crippen molar-refractivity contribution >= 4 is 5.91 Å². The van der Waals surface area contributed by atoms with Gasteiger partial charge in [0, 0.05) is 12.6 Å². The van der Waals surface area contributed by atoms with E-state index in [0.717, 1.165) is 38.8 Å². The Morgan fingerprint density at radius 3 is 2.76 bits per heavy atom. The lowest BCUT2D eigenvalue weighted by Gasteiger charge is -2.29. The summed E-state index contributed by atoms with van der Waals surface area (Å²) < 4.78 is 0. The van der Waals surface area contributed by atoms with Gasteiger partial charge >= 0.3 is 0 Å². The number of rotatable bonds is 3. The van der Waals surface area contributed by atoms with Crippen LogP contribution in [0.5, 0.6) is 0 Å². The second kappa shape index (κ2) is 6.02. The lowest BCUT2D eigenvalue weighted by molar-refractivity contribution is -0.123. The molecule has 2 aliphatic rings.